The van der Waals surface area contributed by atoms with E-state index in [1.54, 1.807) is 0 Å². The first-order valence-corrected chi connectivity index (χ1v) is 24.5. The number of ether oxygens (including phenoxy) is 4. The highest BCUT2D eigenvalue weighted by Crippen LogP contribution is 2.08. The molecule has 0 aromatic rings. The van der Waals surface area contributed by atoms with Crippen LogP contribution in [0.2, 0.25) is 0 Å². The van der Waals surface area contributed by atoms with Gasteiger partial charge in [-0.3, -0.25) is 0 Å². The monoisotopic (exact) mass is 1240 g/mol. The summed E-state index contributed by atoms with van der Waals surface area (Å²) in [5.41, 5.74) is 0. The van der Waals surface area contributed by atoms with Crippen molar-refractivity contribution in [1.82, 2.24) is 0 Å². The molecule has 4 fully saturated rings. The molecule has 8 N–H and O–H groups in total. The van der Waals surface area contributed by atoms with Crippen molar-refractivity contribution in [2.75, 3.05) is 159 Å². The molecule has 4 aliphatic rings. The summed E-state index contributed by atoms with van der Waals surface area (Å²) in [5, 5.41) is 62.8. The summed E-state index contributed by atoms with van der Waals surface area (Å²) in [7, 11) is -6.22. The second kappa shape index (κ2) is 95.5. The summed E-state index contributed by atoms with van der Waals surface area (Å²) in [6.45, 7) is 5.16. The smallest absolute Gasteiger partial charge is 0.394 e. The number of aliphatic hydroxyl groups excluding tert-OH is 8. The van der Waals surface area contributed by atoms with E-state index < -0.39 is 67.1 Å². The zero-order chi connectivity index (χ0) is 56.3. The zero-order valence-corrected chi connectivity index (χ0v) is 43.4. The van der Waals surface area contributed by atoms with Crippen molar-refractivity contribution < 1.29 is 184 Å². The van der Waals surface area contributed by atoms with Crippen molar-refractivity contribution in [1.29, 1.82) is 0 Å². The van der Waals surface area contributed by atoms with Crippen molar-refractivity contribution in [3.05, 3.63) is 0 Å². The lowest BCUT2D eigenvalue weighted by Crippen LogP contribution is -2.15. The third-order valence-corrected chi connectivity index (χ3v) is 5.04. The summed E-state index contributed by atoms with van der Waals surface area (Å²) >= 11 is -4.07. The average Bonchev–Trinajstić information content (AvgIpc) is 3.83. The van der Waals surface area contributed by atoms with Gasteiger partial charge in [-0.15, -0.1) is 59.9 Å². The number of hydrogen-bond acceptors (Lipinski definition) is 42. The normalized spacial score (nSPS) is 15.9. The molecule has 0 unspecified atom stereocenters. The molecular formula is C24H56O40S8. The van der Waals surface area contributed by atoms with Crippen molar-refractivity contribution in [3.63, 3.8) is 0 Å². The van der Waals surface area contributed by atoms with E-state index in [1.165, 1.54) is 0 Å². The minimum atomic E-state index is -3.11. The van der Waals surface area contributed by atoms with E-state index in [2.05, 4.69) is 83.2 Å². The number of hydrogen-bond donors (Lipinski definition) is 8. The van der Waals surface area contributed by atoms with Crippen LogP contribution in [0.3, 0.4) is 0 Å². The Morgan fingerprint density at radius 2 is 0.542 bits per heavy atom. The first-order valence-electron chi connectivity index (χ1n) is 17.8. The maximum Gasteiger partial charge on any atom is 0.425 e. The Labute approximate surface area is 432 Å². The van der Waals surface area contributed by atoms with Crippen LogP contribution >= 0.6 is 24.6 Å². The van der Waals surface area contributed by atoms with Gasteiger partial charge in [-0.05, 0) is 0 Å². The van der Waals surface area contributed by atoms with Gasteiger partial charge in [0.1, 0.15) is 52.9 Å². The first kappa shape index (κ1) is 87.4. The molecule has 4 heterocycles. The molecule has 40 nitrogen and oxygen atoms in total. The highest BCUT2D eigenvalue weighted by molar-refractivity contribution is 7.89. The fraction of sp³-hybridized carbons (Fsp3) is 1.00. The second-order valence-electron chi connectivity index (χ2n) is 8.45. The molecule has 72 heavy (non-hydrogen) atoms. The van der Waals surface area contributed by atoms with E-state index in [0.29, 0.717) is 104 Å². The second-order valence-corrected chi connectivity index (χ2v) is 11.7. The van der Waals surface area contributed by atoms with Crippen molar-refractivity contribution in [2.45, 2.75) is 0 Å². The predicted molar refractivity (Wildman–Crippen MR) is 225 cm³/mol. The molecule has 0 amide bonds. The minimum absolute atomic E-state index is 0.0278. The van der Waals surface area contributed by atoms with Gasteiger partial charge < -0.3 is 59.8 Å². The van der Waals surface area contributed by atoms with E-state index in [-0.39, 0.29) is 79.3 Å². The van der Waals surface area contributed by atoms with Gasteiger partial charge in [0.25, 0.3) is 0 Å². The first-order chi connectivity index (χ1) is 34.7. The van der Waals surface area contributed by atoms with Gasteiger partial charge in [0, 0.05) is 0 Å². The van der Waals surface area contributed by atoms with Gasteiger partial charge >= 0.3 is 67.1 Å². The Bertz CT molecular complexity index is 1160. The standard InChI is InChI=1S/C4H8O6S.C4H8O5S.2C4H10O3.C2H4O5S.C2H4O4S.2C2H6O2.2O3S.2O2S/c5-11-9-7-3-1-6-2-4-8-10-11;1-3-6-8-10-9-7-4-2-5-1;2*5-1-3-7-4-2-6;3-8-6-4-1-2-5-7-8;1-2-4-6-7-5-3-1;2*3-1-2-4;2*1-4(2)3;2*1-3-2/h1-4H2;1-4H2;2*5-6H,1-4H2;1-2H2;1-2H2;2*3-4H,1-2H2;;;;. The molecular weight excluding hydrogens is 1180 g/mol. The highest BCUT2D eigenvalue weighted by Gasteiger charge is 2.07. The van der Waals surface area contributed by atoms with Crippen LogP contribution < -0.4 is 0 Å². The van der Waals surface area contributed by atoms with Crippen LogP contribution in [-0.4, -0.2) is 250 Å². The van der Waals surface area contributed by atoms with Crippen LogP contribution in [0, 0.1) is 0 Å². The predicted octanol–water partition coefficient (Wildman–Crippen LogP) is -7.53. The summed E-state index contributed by atoms with van der Waals surface area (Å²) in [4.78, 5) is 35.2. The molecule has 48 heteroatoms. The molecule has 4 saturated heterocycles. The quantitative estimate of drug-likeness (QED) is 0.0572. The average molecular weight is 1240 g/mol. The fourth-order valence-corrected chi connectivity index (χ4v) is 2.83. The molecule has 0 saturated carbocycles. The summed E-state index contributed by atoms with van der Waals surface area (Å²) < 4.78 is 157. The van der Waals surface area contributed by atoms with Gasteiger partial charge in [-0.25, -0.2) is 39.1 Å². The SMILES string of the molecule is C1COOSOO1.C1COOSOOCCO1.O=S(=O)=O.O=S(=O)=O.O=S1OOCCOCCOO1.O=S1OOCCOO1.O=S=O.O=S=O.OCCO.OCCO.OCCOCCO.OCCOCCO. The zero-order valence-electron chi connectivity index (χ0n) is 36.9. The molecule has 0 aromatic heterocycles. The van der Waals surface area contributed by atoms with Crippen LogP contribution in [0.1, 0.15) is 0 Å². The Morgan fingerprint density at radius 3 is 0.736 bits per heavy atom. The van der Waals surface area contributed by atoms with Gasteiger partial charge in [0.2, 0.25) is 24.6 Å². The lowest BCUT2D eigenvalue weighted by atomic mass is 10.7. The fourth-order valence-electron chi connectivity index (χ4n) is 1.73. The van der Waals surface area contributed by atoms with E-state index in [9.17, 15) is 8.42 Å². The third kappa shape index (κ3) is 144. The molecule has 0 radical (unpaired) electrons. The van der Waals surface area contributed by atoms with Crippen molar-refractivity contribution in [3.8, 4) is 0 Å². The van der Waals surface area contributed by atoms with Gasteiger partial charge in [-0.2, -0.15) is 25.3 Å². The van der Waals surface area contributed by atoms with Crippen LogP contribution in [0.5, 0.6) is 0 Å². The van der Waals surface area contributed by atoms with Crippen LogP contribution in [0.25, 0.3) is 0 Å². The maximum absolute atomic E-state index is 10.5. The van der Waals surface area contributed by atoms with E-state index in [4.69, 9.17) is 92.4 Å². The molecule has 4 aliphatic heterocycles. The topological polar surface area (TPSA) is 551 Å². The molecule has 0 aliphatic carbocycles. The van der Waals surface area contributed by atoms with E-state index >= 15 is 0 Å². The lowest BCUT2D eigenvalue weighted by Gasteiger charge is -2.07. The van der Waals surface area contributed by atoms with Gasteiger partial charge in [-0.1, -0.05) is 0 Å². The Hall–Kier alpha value is -1.24. The Kier molecular flexibility index (Phi) is 116. The Morgan fingerprint density at radius 1 is 0.361 bits per heavy atom. The largest absolute Gasteiger partial charge is 0.425 e. The molecule has 0 spiro atoms. The summed E-state index contributed by atoms with van der Waals surface area (Å²) in [6, 6.07) is 0. The highest BCUT2D eigenvalue weighted by atomic mass is 32.2. The Balaban J connectivity index is -0.000000106. The molecule has 0 bridgehead atoms. The molecule has 4 rings (SSSR count). The van der Waals surface area contributed by atoms with Crippen LogP contribution in [-0.2, 0) is 160 Å². The van der Waals surface area contributed by atoms with Gasteiger partial charge in [0.05, 0.1) is 106 Å². The maximum atomic E-state index is 10.5. The third-order valence-electron chi connectivity index (χ3n) is 3.60. The molecule has 0 atom stereocenters. The van der Waals surface area contributed by atoms with Crippen molar-refractivity contribution in [2.24, 2.45) is 0 Å². The number of rotatable bonds is 10. The summed E-state index contributed by atoms with van der Waals surface area (Å²) in [6.07, 6.45) is 0. The van der Waals surface area contributed by atoms with Crippen LogP contribution in [0.4, 0.5) is 0 Å². The minimum Gasteiger partial charge on any atom is -0.394 e. The van der Waals surface area contributed by atoms with Crippen molar-refractivity contribution >= 4 is 91.7 Å². The van der Waals surface area contributed by atoms with E-state index in [0.717, 1.165) is 0 Å². The van der Waals surface area contributed by atoms with E-state index in [1.807, 2.05) is 0 Å². The van der Waals surface area contributed by atoms with Gasteiger partial charge in [0.15, 0.2) is 0 Å². The molecule has 0 aromatic carbocycles. The lowest BCUT2D eigenvalue weighted by molar-refractivity contribution is -0.267. The van der Waals surface area contributed by atoms with Crippen LogP contribution in [0.15, 0.2) is 0 Å². The summed E-state index contributed by atoms with van der Waals surface area (Å²) in [5.74, 6) is 0. The number of aliphatic hydroxyl groups is 8. The molecule has 440 valence electrons.